The topological polar surface area (TPSA) is 76.4 Å². The standard InChI is InChI=1S/C33H44FN3O2/c1-23(2)17-32(33(38)39)36-29-19-28(30(20-29)26-9-4-3-5-10-26)22-37-15-13-24(14-16-37)7-6-8-25-11-12-27(21-35)31(34)18-25/h3-5,9-12,18,23-24,28-30,32,36H,6-8,13-17,19-20,22H2,1-2H3,(H,38,39)/t28-,29?,30-,32-/m1/s1. The second-order valence-electron chi connectivity index (χ2n) is 12.2. The minimum atomic E-state index is -0.741. The predicted molar refractivity (Wildman–Crippen MR) is 153 cm³/mol. The van der Waals surface area contributed by atoms with Crippen LogP contribution in [0.4, 0.5) is 4.39 Å². The molecule has 4 atom stereocenters. The van der Waals surface area contributed by atoms with E-state index in [1.807, 2.05) is 12.1 Å². The first-order chi connectivity index (χ1) is 18.8. The third-order valence-electron chi connectivity index (χ3n) is 8.80. The molecule has 210 valence electrons. The Morgan fingerprint density at radius 1 is 1.15 bits per heavy atom. The van der Waals surface area contributed by atoms with E-state index < -0.39 is 17.8 Å². The van der Waals surface area contributed by atoms with Crippen LogP contribution < -0.4 is 5.32 Å². The molecule has 6 heteroatoms. The number of hydrogen-bond acceptors (Lipinski definition) is 4. The highest BCUT2D eigenvalue weighted by Crippen LogP contribution is 2.41. The van der Waals surface area contributed by atoms with Crippen LogP contribution in [0, 0.1) is 34.9 Å². The smallest absolute Gasteiger partial charge is 0.320 e. The van der Waals surface area contributed by atoms with Crippen LogP contribution in [0.15, 0.2) is 48.5 Å². The maximum Gasteiger partial charge on any atom is 0.320 e. The number of rotatable bonds is 12. The summed E-state index contributed by atoms with van der Waals surface area (Å²) in [6, 6.07) is 17.4. The van der Waals surface area contributed by atoms with Crippen LogP contribution in [0.25, 0.3) is 0 Å². The lowest BCUT2D eigenvalue weighted by atomic mass is 9.87. The van der Waals surface area contributed by atoms with Crippen molar-refractivity contribution < 1.29 is 14.3 Å². The van der Waals surface area contributed by atoms with Gasteiger partial charge in [0.15, 0.2) is 0 Å². The fourth-order valence-corrected chi connectivity index (χ4v) is 6.76. The van der Waals surface area contributed by atoms with Gasteiger partial charge >= 0.3 is 5.97 Å². The number of carboxylic acids is 1. The van der Waals surface area contributed by atoms with Gasteiger partial charge in [0.1, 0.15) is 17.9 Å². The summed E-state index contributed by atoms with van der Waals surface area (Å²) in [4.78, 5) is 14.5. The molecule has 0 amide bonds. The van der Waals surface area contributed by atoms with E-state index in [2.05, 4.69) is 54.4 Å². The predicted octanol–water partition coefficient (Wildman–Crippen LogP) is 6.38. The molecule has 39 heavy (non-hydrogen) atoms. The zero-order valence-corrected chi connectivity index (χ0v) is 23.5. The van der Waals surface area contributed by atoms with Gasteiger partial charge in [0, 0.05) is 12.6 Å². The average Bonchev–Trinajstić information content (AvgIpc) is 3.31. The summed E-state index contributed by atoms with van der Waals surface area (Å²) in [6.07, 6.45) is 8.11. The Hall–Kier alpha value is -2.75. The molecule has 2 N–H and O–H groups in total. The van der Waals surface area contributed by atoms with Crippen molar-refractivity contribution in [1.29, 1.82) is 5.26 Å². The summed E-state index contributed by atoms with van der Waals surface area (Å²) in [5, 5.41) is 22.2. The number of likely N-dealkylation sites (tertiary alicyclic amines) is 1. The minimum Gasteiger partial charge on any atom is -0.480 e. The summed E-state index contributed by atoms with van der Waals surface area (Å²) < 4.78 is 13.9. The maximum absolute atomic E-state index is 13.9. The van der Waals surface area contributed by atoms with Crippen molar-refractivity contribution >= 4 is 5.97 Å². The monoisotopic (exact) mass is 533 g/mol. The lowest BCUT2D eigenvalue weighted by Gasteiger charge is -2.35. The third-order valence-corrected chi connectivity index (χ3v) is 8.80. The van der Waals surface area contributed by atoms with Gasteiger partial charge in [-0.25, -0.2) is 4.39 Å². The first-order valence-corrected chi connectivity index (χ1v) is 14.8. The van der Waals surface area contributed by atoms with Gasteiger partial charge in [0.25, 0.3) is 0 Å². The number of benzene rings is 2. The van der Waals surface area contributed by atoms with Crippen molar-refractivity contribution in [2.45, 2.75) is 83.2 Å². The Morgan fingerprint density at radius 3 is 2.54 bits per heavy atom. The highest BCUT2D eigenvalue weighted by Gasteiger charge is 2.38. The lowest BCUT2D eigenvalue weighted by molar-refractivity contribution is -0.140. The van der Waals surface area contributed by atoms with E-state index in [9.17, 15) is 14.3 Å². The molecule has 0 bridgehead atoms. The van der Waals surface area contributed by atoms with E-state index in [0.717, 1.165) is 57.3 Å². The molecule has 0 radical (unpaired) electrons. The van der Waals surface area contributed by atoms with Crippen LogP contribution >= 0.6 is 0 Å². The molecule has 2 aromatic rings. The van der Waals surface area contributed by atoms with Gasteiger partial charge in [0.2, 0.25) is 0 Å². The van der Waals surface area contributed by atoms with E-state index in [0.29, 0.717) is 30.1 Å². The van der Waals surface area contributed by atoms with Crippen LogP contribution in [0.1, 0.15) is 81.4 Å². The van der Waals surface area contributed by atoms with Gasteiger partial charge in [0.05, 0.1) is 5.56 Å². The fraction of sp³-hybridized carbons (Fsp3) is 0.576. The molecule has 2 aliphatic rings. The van der Waals surface area contributed by atoms with E-state index in [1.165, 1.54) is 24.5 Å². The van der Waals surface area contributed by atoms with Gasteiger partial charge in [-0.05, 0) is 105 Å². The second-order valence-corrected chi connectivity index (χ2v) is 12.2. The van der Waals surface area contributed by atoms with Crippen LogP contribution in [0.3, 0.4) is 0 Å². The Morgan fingerprint density at radius 2 is 1.90 bits per heavy atom. The van der Waals surface area contributed by atoms with Crippen LogP contribution in [-0.2, 0) is 11.2 Å². The molecule has 1 unspecified atom stereocenters. The number of nitrogens with one attached hydrogen (secondary N) is 1. The number of carboxylic acid groups (broad SMARTS) is 1. The number of nitriles is 1. The Balaban J connectivity index is 1.28. The molecule has 1 saturated carbocycles. The summed E-state index contributed by atoms with van der Waals surface area (Å²) in [6.45, 7) is 7.45. The molecule has 1 aliphatic heterocycles. The average molecular weight is 534 g/mol. The summed E-state index contributed by atoms with van der Waals surface area (Å²) in [5.41, 5.74) is 2.46. The zero-order chi connectivity index (χ0) is 27.8. The highest BCUT2D eigenvalue weighted by molar-refractivity contribution is 5.73. The van der Waals surface area contributed by atoms with Crippen LogP contribution in [-0.4, -0.2) is 47.7 Å². The van der Waals surface area contributed by atoms with Crippen molar-refractivity contribution in [3.8, 4) is 6.07 Å². The number of hydrogen-bond donors (Lipinski definition) is 2. The van der Waals surface area contributed by atoms with Crippen molar-refractivity contribution in [2.24, 2.45) is 17.8 Å². The summed E-state index contributed by atoms with van der Waals surface area (Å²) >= 11 is 0. The number of halogens is 1. The molecular weight excluding hydrogens is 489 g/mol. The van der Waals surface area contributed by atoms with Gasteiger partial charge in [-0.15, -0.1) is 0 Å². The van der Waals surface area contributed by atoms with Gasteiger partial charge in [-0.1, -0.05) is 56.7 Å². The number of aryl methyl sites for hydroxylation is 1. The molecule has 1 heterocycles. The van der Waals surface area contributed by atoms with Crippen molar-refractivity contribution in [1.82, 2.24) is 10.2 Å². The Bertz CT molecular complexity index is 1110. The Kier molecular flexibility index (Phi) is 10.5. The van der Waals surface area contributed by atoms with E-state index in [1.54, 1.807) is 6.07 Å². The van der Waals surface area contributed by atoms with Crippen molar-refractivity contribution in [3.63, 3.8) is 0 Å². The third kappa shape index (κ3) is 8.37. The second kappa shape index (κ2) is 14.1. The molecule has 0 spiro atoms. The highest BCUT2D eigenvalue weighted by atomic mass is 19.1. The number of aliphatic carboxylic acids is 1. The lowest BCUT2D eigenvalue weighted by Crippen LogP contribution is -2.43. The molecule has 1 saturated heterocycles. The number of carbonyl (C=O) groups is 1. The van der Waals surface area contributed by atoms with Crippen LogP contribution in [0.2, 0.25) is 0 Å². The zero-order valence-electron chi connectivity index (χ0n) is 23.5. The van der Waals surface area contributed by atoms with E-state index in [-0.39, 0.29) is 11.6 Å². The molecule has 2 aromatic carbocycles. The van der Waals surface area contributed by atoms with Gasteiger partial charge in [-0.3, -0.25) is 4.79 Å². The first kappa shape index (κ1) is 29.2. The van der Waals surface area contributed by atoms with Gasteiger partial charge < -0.3 is 15.3 Å². The first-order valence-electron chi connectivity index (χ1n) is 14.8. The van der Waals surface area contributed by atoms with Crippen molar-refractivity contribution in [3.05, 3.63) is 71.0 Å². The molecule has 4 rings (SSSR count). The molecule has 5 nitrogen and oxygen atoms in total. The number of piperidine rings is 1. The molecule has 2 fully saturated rings. The molecule has 0 aromatic heterocycles. The van der Waals surface area contributed by atoms with E-state index in [4.69, 9.17) is 5.26 Å². The minimum absolute atomic E-state index is 0.113. The van der Waals surface area contributed by atoms with Crippen LogP contribution in [0.5, 0.6) is 0 Å². The maximum atomic E-state index is 13.9. The summed E-state index contributed by atoms with van der Waals surface area (Å²) in [7, 11) is 0. The van der Waals surface area contributed by atoms with Gasteiger partial charge in [-0.2, -0.15) is 5.26 Å². The van der Waals surface area contributed by atoms with Crippen molar-refractivity contribution in [2.75, 3.05) is 19.6 Å². The largest absolute Gasteiger partial charge is 0.480 e. The Labute approximate surface area is 233 Å². The van der Waals surface area contributed by atoms with E-state index >= 15 is 0 Å². The normalized spacial score (nSPS) is 23.1. The SMILES string of the molecule is CC(C)C[C@@H](NC1C[C@H](CN2CCC(CCCc3ccc(C#N)c(F)c3)CC2)[C@@H](c2ccccc2)C1)C(=O)O. The summed E-state index contributed by atoms with van der Waals surface area (Å²) in [5.74, 6) is 0.852. The quantitative estimate of drug-likeness (QED) is 0.331. The number of nitrogens with zero attached hydrogens (tertiary/aromatic N) is 2. The molecule has 1 aliphatic carbocycles. The fourth-order valence-electron chi connectivity index (χ4n) is 6.76. The molecular formula is C33H44FN3O2.